The van der Waals surface area contributed by atoms with Gasteiger partial charge in [-0.05, 0) is 28.4 Å². The molecule has 94 valence electrons. The molecule has 0 bridgehead atoms. The van der Waals surface area contributed by atoms with Crippen molar-refractivity contribution < 1.29 is 0 Å². The van der Waals surface area contributed by atoms with Crippen LogP contribution in [0.4, 0.5) is 5.69 Å². The molecule has 0 unspecified atom stereocenters. The van der Waals surface area contributed by atoms with Gasteiger partial charge in [-0.15, -0.1) is 0 Å². The summed E-state index contributed by atoms with van der Waals surface area (Å²) in [4.78, 5) is 11.7. The lowest BCUT2D eigenvalue weighted by molar-refractivity contribution is 0.703. The molecule has 0 aliphatic carbocycles. The van der Waals surface area contributed by atoms with Gasteiger partial charge in [0, 0.05) is 13.6 Å². The number of halogens is 1. The Balaban J connectivity index is 2.16. The van der Waals surface area contributed by atoms with Crippen molar-refractivity contribution in [1.29, 1.82) is 0 Å². The maximum atomic E-state index is 11.7. The van der Waals surface area contributed by atoms with E-state index in [-0.39, 0.29) is 5.56 Å². The van der Waals surface area contributed by atoms with Crippen molar-refractivity contribution in [3.8, 4) is 0 Å². The number of benzene rings is 1. The molecule has 2 aromatic rings. The fourth-order valence-electron chi connectivity index (χ4n) is 1.65. The number of nitrogens with zero attached hydrogens (tertiary/aromatic N) is 2. The molecule has 1 aromatic heterocycles. The third kappa shape index (κ3) is 2.79. The summed E-state index contributed by atoms with van der Waals surface area (Å²) in [6.45, 7) is 2.72. The van der Waals surface area contributed by atoms with Crippen LogP contribution in [0.25, 0.3) is 0 Å². The van der Waals surface area contributed by atoms with Gasteiger partial charge in [0.2, 0.25) is 0 Å². The van der Waals surface area contributed by atoms with Crippen LogP contribution in [-0.4, -0.2) is 9.78 Å². The van der Waals surface area contributed by atoms with Crippen LogP contribution in [0.5, 0.6) is 0 Å². The molecule has 18 heavy (non-hydrogen) atoms. The fraction of sp³-hybridized carbons (Fsp3) is 0.231. The summed E-state index contributed by atoms with van der Waals surface area (Å²) in [5.74, 6) is 0. The third-order valence-corrected chi connectivity index (χ3v) is 3.41. The van der Waals surface area contributed by atoms with Crippen LogP contribution in [0.15, 0.2) is 39.7 Å². The molecular formula is C13H14BrN3O. The Hall–Kier alpha value is -1.62. The first-order valence-electron chi connectivity index (χ1n) is 5.59. The van der Waals surface area contributed by atoms with E-state index in [0.29, 0.717) is 16.7 Å². The van der Waals surface area contributed by atoms with E-state index < -0.39 is 0 Å². The molecule has 0 saturated carbocycles. The Labute approximate surface area is 114 Å². The first-order chi connectivity index (χ1) is 8.58. The molecule has 2 rings (SSSR count). The van der Waals surface area contributed by atoms with Gasteiger partial charge in [0.15, 0.2) is 0 Å². The quantitative estimate of drug-likeness (QED) is 0.947. The third-order valence-electron chi connectivity index (χ3n) is 2.64. The average Bonchev–Trinajstić information content (AvgIpc) is 2.35. The van der Waals surface area contributed by atoms with Crippen LogP contribution in [0.2, 0.25) is 0 Å². The van der Waals surface area contributed by atoms with Gasteiger partial charge < -0.3 is 5.32 Å². The molecule has 0 radical (unpaired) electrons. The maximum absolute atomic E-state index is 11.7. The summed E-state index contributed by atoms with van der Waals surface area (Å²) in [5.41, 5.74) is 2.95. The van der Waals surface area contributed by atoms with Crippen LogP contribution >= 0.6 is 15.9 Å². The van der Waals surface area contributed by atoms with Gasteiger partial charge in [0.25, 0.3) is 5.56 Å². The van der Waals surface area contributed by atoms with Crippen molar-refractivity contribution in [2.75, 3.05) is 5.32 Å². The minimum Gasteiger partial charge on any atom is -0.379 e. The number of nitrogens with one attached hydrogen (secondary N) is 1. The van der Waals surface area contributed by atoms with E-state index in [1.165, 1.54) is 15.8 Å². The van der Waals surface area contributed by atoms with E-state index in [9.17, 15) is 4.79 Å². The summed E-state index contributed by atoms with van der Waals surface area (Å²) in [5, 5.41) is 7.18. The van der Waals surface area contributed by atoms with Crippen molar-refractivity contribution >= 4 is 21.6 Å². The molecule has 0 spiro atoms. The van der Waals surface area contributed by atoms with Crippen molar-refractivity contribution in [2.24, 2.45) is 7.05 Å². The number of rotatable bonds is 3. The molecule has 1 aromatic carbocycles. The Morgan fingerprint density at radius 3 is 2.94 bits per heavy atom. The SMILES string of the molecule is Cc1cccc(CNc2cnn(C)c(=O)c2Br)c1. The molecule has 0 saturated heterocycles. The topological polar surface area (TPSA) is 46.9 Å². The van der Waals surface area contributed by atoms with Crippen LogP contribution in [-0.2, 0) is 13.6 Å². The van der Waals surface area contributed by atoms with E-state index in [2.05, 4.69) is 45.4 Å². The van der Waals surface area contributed by atoms with Gasteiger partial charge >= 0.3 is 0 Å². The number of hydrogen-bond acceptors (Lipinski definition) is 3. The lowest BCUT2D eigenvalue weighted by Gasteiger charge is -2.09. The average molecular weight is 308 g/mol. The van der Waals surface area contributed by atoms with Gasteiger partial charge in [0.1, 0.15) is 4.47 Å². The zero-order valence-electron chi connectivity index (χ0n) is 10.3. The Bertz CT molecular complexity index is 622. The molecule has 0 aliphatic rings. The van der Waals surface area contributed by atoms with Crippen molar-refractivity contribution in [2.45, 2.75) is 13.5 Å². The van der Waals surface area contributed by atoms with Gasteiger partial charge in [-0.25, -0.2) is 4.68 Å². The molecular weight excluding hydrogens is 294 g/mol. The minimum absolute atomic E-state index is 0.149. The molecule has 1 N–H and O–H groups in total. The Kier molecular flexibility index (Phi) is 3.81. The smallest absolute Gasteiger partial charge is 0.282 e. The van der Waals surface area contributed by atoms with Crippen LogP contribution in [0.3, 0.4) is 0 Å². The van der Waals surface area contributed by atoms with E-state index >= 15 is 0 Å². The van der Waals surface area contributed by atoms with E-state index in [1.807, 2.05) is 12.1 Å². The van der Waals surface area contributed by atoms with Crippen LogP contribution < -0.4 is 10.9 Å². The molecule has 0 fully saturated rings. The molecule has 5 heteroatoms. The second-order valence-electron chi connectivity index (χ2n) is 4.14. The second kappa shape index (κ2) is 5.35. The summed E-state index contributed by atoms with van der Waals surface area (Å²) < 4.78 is 1.80. The minimum atomic E-state index is -0.149. The zero-order chi connectivity index (χ0) is 13.1. The highest BCUT2D eigenvalue weighted by Gasteiger charge is 2.06. The number of anilines is 1. The normalized spacial score (nSPS) is 10.4. The predicted octanol–water partition coefficient (Wildman–Crippen LogP) is 2.46. The molecule has 1 heterocycles. The Morgan fingerprint density at radius 2 is 2.22 bits per heavy atom. The predicted molar refractivity (Wildman–Crippen MR) is 75.7 cm³/mol. The van der Waals surface area contributed by atoms with E-state index in [1.54, 1.807) is 13.2 Å². The van der Waals surface area contributed by atoms with Crippen LogP contribution in [0.1, 0.15) is 11.1 Å². The Morgan fingerprint density at radius 1 is 1.44 bits per heavy atom. The molecule has 0 aliphatic heterocycles. The summed E-state index contributed by atoms with van der Waals surface area (Å²) in [6.07, 6.45) is 1.64. The molecule has 0 atom stereocenters. The maximum Gasteiger partial charge on any atom is 0.282 e. The van der Waals surface area contributed by atoms with Crippen molar-refractivity contribution in [3.05, 3.63) is 56.4 Å². The lowest BCUT2D eigenvalue weighted by Crippen LogP contribution is -2.21. The van der Waals surface area contributed by atoms with E-state index in [4.69, 9.17) is 0 Å². The molecule has 0 amide bonds. The number of hydrogen-bond donors (Lipinski definition) is 1. The summed E-state index contributed by atoms with van der Waals surface area (Å²) in [6, 6.07) is 8.22. The first-order valence-corrected chi connectivity index (χ1v) is 6.38. The first kappa shape index (κ1) is 12.8. The highest BCUT2D eigenvalue weighted by atomic mass is 79.9. The highest BCUT2D eigenvalue weighted by molar-refractivity contribution is 9.10. The largest absolute Gasteiger partial charge is 0.379 e. The fourth-order valence-corrected chi connectivity index (χ4v) is 2.15. The van der Waals surface area contributed by atoms with E-state index in [0.717, 1.165) is 0 Å². The highest BCUT2D eigenvalue weighted by Crippen LogP contribution is 2.17. The lowest BCUT2D eigenvalue weighted by atomic mass is 10.1. The van der Waals surface area contributed by atoms with Gasteiger partial charge in [-0.2, -0.15) is 5.10 Å². The zero-order valence-corrected chi connectivity index (χ0v) is 11.9. The number of aromatic nitrogens is 2. The van der Waals surface area contributed by atoms with Gasteiger partial charge in [-0.3, -0.25) is 4.79 Å². The van der Waals surface area contributed by atoms with Crippen molar-refractivity contribution in [1.82, 2.24) is 9.78 Å². The van der Waals surface area contributed by atoms with Gasteiger partial charge in [0.05, 0.1) is 11.9 Å². The number of aryl methyl sites for hydroxylation is 2. The standard InChI is InChI=1S/C13H14BrN3O/c1-9-4-3-5-10(6-9)7-15-11-8-16-17(2)13(18)12(11)14/h3-6,8,15H,7H2,1-2H3. The van der Waals surface area contributed by atoms with Crippen LogP contribution in [0, 0.1) is 6.92 Å². The van der Waals surface area contributed by atoms with Crippen molar-refractivity contribution in [3.63, 3.8) is 0 Å². The second-order valence-corrected chi connectivity index (χ2v) is 4.94. The summed E-state index contributed by atoms with van der Waals surface area (Å²) in [7, 11) is 1.62. The monoisotopic (exact) mass is 307 g/mol. The van der Waals surface area contributed by atoms with Gasteiger partial charge in [-0.1, -0.05) is 29.8 Å². The summed E-state index contributed by atoms with van der Waals surface area (Å²) >= 11 is 3.28. The molecule has 4 nitrogen and oxygen atoms in total.